The zero-order chi connectivity index (χ0) is 11.5. The number of nitrogens with one attached hydrogen (secondary N) is 1. The van der Waals surface area contributed by atoms with Crippen molar-refractivity contribution in [3.63, 3.8) is 0 Å². The Bertz CT molecular complexity index is 237. The average Bonchev–Trinajstić information content (AvgIpc) is 2.72. The minimum Gasteiger partial charge on any atom is -0.304 e. The molecule has 2 fully saturated rings. The fourth-order valence-electron chi connectivity index (χ4n) is 3.19. The highest BCUT2D eigenvalue weighted by Crippen LogP contribution is 2.33. The maximum atomic E-state index is 12.1. The maximum Gasteiger partial charge on any atom is 0.150 e. The summed E-state index contributed by atoms with van der Waals surface area (Å²) < 4.78 is 0. The van der Waals surface area contributed by atoms with Gasteiger partial charge in [0.1, 0.15) is 5.78 Å². The topological polar surface area (TPSA) is 29.1 Å². The highest BCUT2D eigenvalue weighted by atomic mass is 16.1. The summed E-state index contributed by atoms with van der Waals surface area (Å²) in [5.41, 5.74) is 0. The van der Waals surface area contributed by atoms with E-state index in [4.69, 9.17) is 0 Å². The average molecular weight is 223 g/mol. The van der Waals surface area contributed by atoms with E-state index in [0.717, 1.165) is 25.2 Å². The van der Waals surface area contributed by atoms with Gasteiger partial charge in [-0.25, -0.2) is 0 Å². The molecule has 92 valence electrons. The summed E-state index contributed by atoms with van der Waals surface area (Å²) in [6, 6.07) is 0.835. The predicted octanol–water partition coefficient (Wildman–Crippen LogP) is 2.91. The fraction of sp³-hybridized carbons (Fsp3) is 0.929. The van der Waals surface area contributed by atoms with Crippen molar-refractivity contribution in [3.05, 3.63) is 0 Å². The first-order chi connectivity index (χ1) is 7.70. The Hall–Kier alpha value is -0.370. The van der Waals surface area contributed by atoms with Crippen molar-refractivity contribution in [1.29, 1.82) is 0 Å². The molecule has 1 saturated heterocycles. The van der Waals surface area contributed by atoms with Crippen molar-refractivity contribution in [2.75, 3.05) is 0 Å². The molecule has 1 saturated carbocycles. The van der Waals surface area contributed by atoms with Gasteiger partial charge in [0.15, 0.2) is 0 Å². The molecule has 16 heavy (non-hydrogen) atoms. The molecule has 0 bridgehead atoms. The smallest absolute Gasteiger partial charge is 0.150 e. The van der Waals surface area contributed by atoms with Crippen LogP contribution < -0.4 is 5.32 Å². The summed E-state index contributed by atoms with van der Waals surface area (Å²) in [7, 11) is 0. The zero-order valence-corrected chi connectivity index (χ0v) is 10.7. The van der Waals surface area contributed by atoms with Gasteiger partial charge in [-0.15, -0.1) is 0 Å². The number of ketones is 1. The first-order valence-corrected chi connectivity index (χ1v) is 6.99. The van der Waals surface area contributed by atoms with Gasteiger partial charge in [0.2, 0.25) is 0 Å². The normalized spacial score (nSPS) is 35.8. The van der Waals surface area contributed by atoms with Crippen molar-refractivity contribution >= 4 is 5.78 Å². The first kappa shape index (κ1) is 12.1. The van der Waals surface area contributed by atoms with Crippen LogP contribution in [0.25, 0.3) is 0 Å². The van der Waals surface area contributed by atoms with Gasteiger partial charge in [-0.05, 0) is 31.1 Å². The Kier molecular flexibility index (Phi) is 4.01. The summed E-state index contributed by atoms with van der Waals surface area (Å²) in [6.07, 6.45) is 8.34. The van der Waals surface area contributed by atoms with Crippen LogP contribution in [0.15, 0.2) is 0 Å². The van der Waals surface area contributed by atoms with Crippen LogP contribution in [0.3, 0.4) is 0 Å². The quantitative estimate of drug-likeness (QED) is 0.794. The second-order valence-electron chi connectivity index (χ2n) is 5.79. The molecule has 1 aliphatic heterocycles. The van der Waals surface area contributed by atoms with E-state index in [0.29, 0.717) is 17.7 Å². The Morgan fingerprint density at radius 2 is 2.12 bits per heavy atom. The summed E-state index contributed by atoms with van der Waals surface area (Å²) in [5, 5.41) is 3.57. The molecule has 0 aromatic carbocycles. The number of carbonyl (C=O) groups excluding carboxylic acids is 1. The van der Waals surface area contributed by atoms with E-state index in [9.17, 15) is 4.79 Å². The van der Waals surface area contributed by atoms with Crippen LogP contribution in [0.1, 0.15) is 58.8 Å². The third kappa shape index (κ3) is 2.65. The molecular formula is C14H25NO. The zero-order valence-electron chi connectivity index (χ0n) is 10.7. The molecule has 0 amide bonds. The van der Waals surface area contributed by atoms with Crippen LogP contribution in [-0.2, 0) is 4.79 Å². The summed E-state index contributed by atoms with van der Waals surface area (Å²) in [6.45, 7) is 4.35. The monoisotopic (exact) mass is 223 g/mol. The SMILES string of the molecule is CCC(C)CC(=O)C1CC2CCCCC2N1. The molecule has 1 heterocycles. The molecule has 2 nitrogen and oxygen atoms in total. The second-order valence-corrected chi connectivity index (χ2v) is 5.79. The number of hydrogen-bond acceptors (Lipinski definition) is 2. The Balaban J connectivity index is 1.85. The molecule has 2 aliphatic rings. The van der Waals surface area contributed by atoms with E-state index < -0.39 is 0 Å². The molecule has 0 aromatic heterocycles. The van der Waals surface area contributed by atoms with E-state index >= 15 is 0 Å². The molecule has 4 atom stereocenters. The van der Waals surface area contributed by atoms with Crippen LogP contribution >= 0.6 is 0 Å². The van der Waals surface area contributed by atoms with Gasteiger partial charge in [-0.2, -0.15) is 0 Å². The van der Waals surface area contributed by atoms with Gasteiger partial charge in [-0.1, -0.05) is 33.1 Å². The standard InChI is InChI=1S/C14H25NO/c1-3-10(2)8-14(16)13-9-11-6-4-5-7-12(11)15-13/h10-13,15H,3-9H2,1-2H3. The minimum atomic E-state index is 0.182. The highest BCUT2D eigenvalue weighted by Gasteiger charge is 2.37. The van der Waals surface area contributed by atoms with Gasteiger partial charge in [0.05, 0.1) is 6.04 Å². The Morgan fingerprint density at radius 3 is 2.81 bits per heavy atom. The maximum absolute atomic E-state index is 12.1. The van der Waals surface area contributed by atoms with E-state index in [2.05, 4.69) is 19.2 Å². The molecule has 0 spiro atoms. The Morgan fingerprint density at radius 1 is 1.38 bits per heavy atom. The third-order valence-corrected chi connectivity index (χ3v) is 4.50. The van der Waals surface area contributed by atoms with E-state index in [-0.39, 0.29) is 6.04 Å². The largest absolute Gasteiger partial charge is 0.304 e. The minimum absolute atomic E-state index is 0.182. The Labute approximate surface area is 99.2 Å². The molecule has 1 N–H and O–H groups in total. The van der Waals surface area contributed by atoms with Crippen LogP contribution in [0, 0.1) is 11.8 Å². The van der Waals surface area contributed by atoms with Gasteiger partial charge >= 0.3 is 0 Å². The van der Waals surface area contributed by atoms with Crippen LogP contribution in [0.2, 0.25) is 0 Å². The first-order valence-electron chi connectivity index (χ1n) is 6.99. The van der Waals surface area contributed by atoms with Crippen molar-refractivity contribution in [2.45, 2.75) is 70.9 Å². The van der Waals surface area contributed by atoms with Crippen LogP contribution in [0.4, 0.5) is 0 Å². The summed E-state index contributed by atoms with van der Waals surface area (Å²) >= 11 is 0. The van der Waals surface area contributed by atoms with Crippen molar-refractivity contribution in [2.24, 2.45) is 11.8 Å². The number of rotatable bonds is 4. The lowest BCUT2D eigenvalue weighted by atomic mass is 9.84. The molecular weight excluding hydrogens is 198 g/mol. The van der Waals surface area contributed by atoms with E-state index in [1.165, 1.54) is 25.7 Å². The van der Waals surface area contributed by atoms with Gasteiger partial charge < -0.3 is 5.32 Å². The number of fused-ring (bicyclic) bond motifs is 1. The van der Waals surface area contributed by atoms with Gasteiger partial charge in [0.25, 0.3) is 0 Å². The van der Waals surface area contributed by atoms with Crippen molar-refractivity contribution in [3.8, 4) is 0 Å². The van der Waals surface area contributed by atoms with E-state index in [1.807, 2.05) is 0 Å². The van der Waals surface area contributed by atoms with Gasteiger partial charge in [-0.3, -0.25) is 4.79 Å². The molecule has 2 heteroatoms. The number of hydrogen-bond donors (Lipinski definition) is 1. The fourth-order valence-corrected chi connectivity index (χ4v) is 3.19. The van der Waals surface area contributed by atoms with E-state index in [1.54, 1.807) is 0 Å². The van der Waals surface area contributed by atoms with Crippen LogP contribution in [0.5, 0.6) is 0 Å². The molecule has 4 unspecified atom stereocenters. The summed E-state index contributed by atoms with van der Waals surface area (Å²) in [5.74, 6) is 1.81. The lowest BCUT2D eigenvalue weighted by Crippen LogP contribution is -2.37. The molecule has 0 radical (unpaired) electrons. The molecule has 2 rings (SSSR count). The lowest BCUT2D eigenvalue weighted by Gasteiger charge is -2.24. The summed E-state index contributed by atoms with van der Waals surface area (Å²) in [4.78, 5) is 12.1. The molecule has 0 aromatic rings. The molecule has 1 aliphatic carbocycles. The number of Topliss-reactive ketones (excluding diaryl/α,β-unsaturated/α-hetero) is 1. The predicted molar refractivity (Wildman–Crippen MR) is 66.4 cm³/mol. The third-order valence-electron chi connectivity index (χ3n) is 4.50. The van der Waals surface area contributed by atoms with Crippen molar-refractivity contribution in [1.82, 2.24) is 5.32 Å². The van der Waals surface area contributed by atoms with Crippen molar-refractivity contribution < 1.29 is 4.79 Å². The lowest BCUT2D eigenvalue weighted by molar-refractivity contribution is -0.121. The highest BCUT2D eigenvalue weighted by molar-refractivity contribution is 5.84. The van der Waals surface area contributed by atoms with Crippen LogP contribution in [-0.4, -0.2) is 17.9 Å². The van der Waals surface area contributed by atoms with Gasteiger partial charge in [0, 0.05) is 12.5 Å². The number of carbonyl (C=O) groups is 1. The second kappa shape index (κ2) is 5.31.